The molecule has 14 heavy (non-hydrogen) atoms. The summed E-state index contributed by atoms with van der Waals surface area (Å²) in [5, 5.41) is 12.6. The van der Waals surface area contributed by atoms with Crippen LogP contribution in [0.5, 0.6) is 0 Å². The summed E-state index contributed by atoms with van der Waals surface area (Å²) in [7, 11) is 0. The first kappa shape index (κ1) is 10.7. The normalized spacial score (nSPS) is 11.1. The van der Waals surface area contributed by atoms with E-state index in [9.17, 15) is 5.11 Å². The minimum Gasteiger partial charge on any atom is -0.389 e. The number of nitrogens with two attached hydrogens (primary N) is 1. The van der Waals surface area contributed by atoms with E-state index >= 15 is 0 Å². The van der Waals surface area contributed by atoms with Crippen LogP contribution in [0.4, 0.5) is 11.5 Å². The van der Waals surface area contributed by atoms with Crippen LogP contribution in [0.1, 0.15) is 13.8 Å². The third-order valence-electron chi connectivity index (χ3n) is 1.63. The molecule has 0 bridgehead atoms. The zero-order valence-electron chi connectivity index (χ0n) is 8.41. The summed E-state index contributed by atoms with van der Waals surface area (Å²) >= 11 is 0. The number of pyridine rings is 1. The van der Waals surface area contributed by atoms with Gasteiger partial charge < -0.3 is 15.8 Å². The van der Waals surface area contributed by atoms with Crippen molar-refractivity contribution in [3.8, 4) is 0 Å². The van der Waals surface area contributed by atoms with Crippen molar-refractivity contribution >= 4 is 11.5 Å². The average molecular weight is 196 g/mol. The van der Waals surface area contributed by atoms with Crippen molar-refractivity contribution in [2.75, 3.05) is 17.3 Å². The number of nitrogen functional groups attached to an aromatic ring is 1. The molecular formula is C9H16N4O. The lowest BCUT2D eigenvalue weighted by atomic mass is 10.1. The minimum absolute atomic E-state index is 0.473. The Labute approximate surface area is 83.3 Å². The number of nitrogens with zero attached hydrogens (tertiary/aromatic N) is 1. The first-order valence-electron chi connectivity index (χ1n) is 4.40. The quantitative estimate of drug-likeness (QED) is 0.417. The maximum Gasteiger partial charge on any atom is 0.141 e. The summed E-state index contributed by atoms with van der Waals surface area (Å²) in [5.74, 6) is 5.80. The molecule has 5 nitrogen and oxygen atoms in total. The van der Waals surface area contributed by atoms with E-state index in [0.29, 0.717) is 12.4 Å². The maximum absolute atomic E-state index is 9.49. The van der Waals surface area contributed by atoms with Gasteiger partial charge in [-0.15, -0.1) is 0 Å². The second-order valence-corrected chi connectivity index (χ2v) is 3.74. The first-order valence-corrected chi connectivity index (χ1v) is 4.40. The largest absolute Gasteiger partial charge is 0.389 e. The lowest BCUT2D eigenvalue weighted by Crippen LogP contribution is -2.29. The summed E-state index contributed by atoms with van der Waals surface area (Å²) in [4.78, 5) is 3.96. The van der Waals surface area contributed by atoms with E-state index in [0.717, 1.165) is 5.69 Å². The summed E-state index contributed by atoms with van der Waals surface area (Å²) in [5.41, 5.74) is 2.58. The number of hydrogen-bond acceptors (Lipinski definition) is 5. The number of aromatic nitrogens is 1. The fourth-order valence-corrected chi connectivity index (χ4v) is 0.938. The van der Waals surface area contributed by atoms with Crippen LogP contribution in [0.25, 0.3) is 0 Å². The van der Waals surface area contributed by atoms with Crippen molar-refractivity contribution in [1.29, 1.82) is 0 Å². The topological polar surface area (TPSA) is 83.2 Å². The van der Waals surface area contributed by atoms with Gasteiger partial charge in [-0.2, -0.15) is 0 Å². The van der Waals surface area contributed by atoms with Crippen LogP contribution in [-0.4, -0.2) is 22.2 Å². The number of hydrogen-bond donors (Lipinski definition) is 4. The van der Waals surface area contributed by atoms with Crippen LogP contribution < -0.4 is 16.6 Å². The Morgan fingerprint density at radius 3 is 2.86 bits per heavy atom. The van der Waals surface area contributed by atoms with E-state index in [-0.39, 0.29) is 0 Å². The third-order valence-corrected chi connectivity index (χ3v) is 1.63. The zero-order valence-corrected chi connectivity index (χ0v) is 8.41. The standard InChI is InChI=1S/C9H16N4O/c1-9(2,14)6-12-7-3-4-11-8(5-7)13-10/h3-5,14H,6,10H2,1-2H3,(H2,11,12,13). The van der Waals surface area contributed by atoms with Gasteiger partial charge in [0.2, 0.25) is 0 Å². The molecule has 1 rings (SSSR count). The maximum atomic E-state index is 9.49. The molecule has 0 aliphatic rings. The van der Waals surface area contributed by atoms with Crippen LogP contribution >= 0.6 is 0 Å². The molecule has 0 unspecified atom stereocenters. The number of anilines is 2. The molecule has 1 aromatic heterocycles. The number of nitrogens with one attached hydrogen (secondary N) is 2. The van der Waals surface area contributed by atoms with Gasteiger partial charge in [-0.3, -0.25) is 0 Å². The van der Waals surface area contributed by atoms with Gasteiger partial charge in [0, 0.05) is 24.5 Å². The summed E-state index contributed by atoms with van der Waals surface area (Å²) in [6.45, 7) is 3.95. The highest BCUT2D eigenvalue weighted by molar-refractivity contribution is 5.51. The molecule has 0 saturated carbocycles. The molecule has 0 aliphatic carbocycles. The van der Waals surface area contributed by atoms with E-state index in [1.54, 1.807) is 26.1 Å². The zero-order chi connectivity index (χ0) is 10.6. The highest BCUT2D eigenvalue weighted by Crippen LogP contribution is 2.12. The predicted octanol–water partition coefficient (Wildman–Crippen LogP) is 0.550. The van der Waals surface area contributed by atoms with Crippen LogP contribution in [-0.2, 0) is 0 Å². The van der Waals surface area contributed by atoms with E-state index < -0.39 is 5.60 Å². The molecule has 1 aromatic rings. The Balaban J connectivity index is 2.59. The number of hydrazine groups is 1. The van der Waals surface area contributed by atoms with Crippen LogP contribution in [0.3, 0.4) is 0 Å². The number of aliphatic hydroxyl groups is 1. The van der Waals surface area contributed by atoms with Gasteiger partial charge in [0.25, 0.3) is 0 Å². The van der Waals surface area contributed by atoms with Crippen molar-refractivity contribution in [2.24, 2.45) is 5.84 Å². The Hall–Kier alpha value is -1.33. The molecule has 0 fully saturated rings. The highest BCUT2D eigenvalue weighted by Gasteiger charge is 2.11. The molecule has 0 spiro atoms. The van der Waals surface area contributed by atoms with Gasteiger partial charge in [-0.25, -0.2) is 10.8 Å². The smallest absolute Gasteiger partial charge is 0.141 e. The Kier molecular flexibility index (Phi) is 3.27. The van der Waals surface area contributed by atoms with Crippen molar-refractivity contribution < 1.29 is 5.11 Å². The second-order valence-electron chi connectivity index (χ2n) is 3.74. The molecule has 0 atom stereocenters. The summed E-state index contributed by atoms with van der Waals surface area (Å²) < 4.78 is 0. The summed E-state index contributed by atoms with van der Waals surface area (Å²) in [6, 6.07) is 3.58. The Morgan fingerprint density at radius 2 is 2.29 bits per heavy atom. The second kappa shape index (κ2) is 4.26. The molecule has 0 aliphatic heterocycles. The Bertz CT molecular complexity index is 295. The molecule has 5 N–H and O–H groups in total. The van der Waals surface area contributed by atoms with Gasteiger partial charge >= 0.3 is 0 Å². The van der Waals surface area contributed by atoms with Gasteiger partial charge in [-0.1, -0.05) is 0 Å². The minimum atomic E-state index is -0.737. The van der Waals surface area contributed by atoms with Gasteiger partial charge in [0.15, 0.2) is 0 Å². The van der Waals surface area contributed by atoms with Gasteiger partial charge in [0.05, 0.1) is 5.60 Å². The summed E-state index contributed by atoms with van der Waals surface area (Å²) in [6.07, 6.45) is 1.64. The van der Waals surface area contributed by atoms with Crippen molar-refractivity contribution in [3.05, 3.63) is 18.3 Å². The van der Waals surface area contributed by atoms with Gasteiger partial charge in [0.1, 0.15) is 5.82 Å². The molecule has 0 saturated heterocycles. The molecule has 0 amide bonds. The highest BCUT2D eigenvalue weighted by atomic mass is 16.3. The molecule has 0 radical (unpaired) electrons. The fourth-order valence-electron chi connectivity index (χ4n) is 0.938. The van der Waals surface area contributed by atoms with E-state index in [2.05, 4.69) is 15.7 Å². The van der Waals surface area contributed by atoms with Crippen molar-refractivity contribution in [2.45, 2.75) is 19.4 Å². The lowest BCUT2D eigenvalue weighted by molar-refractivity contribution is 0.0945. The average Bonchev–Trinajstić information content (AvgIpc) is 2.14. The van der Waals surface area contributed by atoms with E-state index in [1.807, 2.05) is 6.07 Å². The van der Waals surface area contributed by atoms with Crippen molar-refractivity contribution in [1.82, 2.24) is 4.98 Å². The monoisotopic (exact) mass is 196 g/mol. The van der Waals surface area contributed by atoms with Crippen LogP contribution in [0.2, 0.25) is 0 Å². The predicted molar refractivity (Wildman–Crippen MR) is 56.8 cm³/mol. The van der Waals surface area contributed by atoms with Crippen LogP contribution in [0, 0.1) is 0 Å². The molecule has 1 heterocycles. The molecule has 0 aromatic carbocycles. The third kappa shape index (κ3) is 3.59. The fraction of sp³-hybridized carbons (Fsp3) is 0.444. The lowest BCUT2D eigenvalue weighted by Gasteiger charge is -2.18. The number of rotatable bonds is 4. The first-order chi connectivity index (χ1) is 6.51. The molecule has 5 heteroatoms. The van der Waals surface area contributed by atoms with Gasteiger partial charge in [-0.05, 0) is 19.9 Å². The molecular weight excluding hydrogens is 180 g/mol. The van der Waals surface area contributed by atoms with Crippen molar-refractivity contribution in [3.63, 3.8) is 0 Å². The van der Waals surface area contributed by atoms with E-state index in [4.69, 9.17) is 5.84 Å². The SMILES string of the molecule is CC(C)(O)CNc1ccnc(NN)c1. The Morgan fingerprint density at radius 1 is 1.57 bits per heavy atom. The molecule has 78 valence electrons. The van der Waals surface area contributed by atoms with E-state index in [1.165, 1.54) is 0 Å². The van der Waals surface area contributed by atoms with Crippen LogP contribution in [0.15, 0.2) is 18.3 Å².